The topological polar surface area (TPSA) is 29.5 Å². The Balaban J connectivity index is 1.73. The van der Waals surface area contributed by atoms with E-state index >= 15 is 0 Å². The van der Waals surface area contributed by atoms with E-state index in [2.05, 4.69) is 0 Å². The quantitative estimate of drug-likeness (QED) is 0.786. The van der Waals surface area contributed by atoms with E-state index in [0.29, 0.717) is 12.2 Å². The molecule has 0 fully saturated rings. The molecule has 0 saturated carbocycles. The summed E-state index contributed by atoms with van der Waals surface area (Å²) in [5.74, 6) is 1.22. The maximum absolute atomic E-state index is 12.8. The van der Waals surface area contributed by atoms with E-state index in [0.717, 1.165) is 17.1 Å². The van der Waals surface area contributed by atoms with Crippen molar-refractivity contribution in [2.24, 2.45) is 0 Å². The number of aliphatic hydroxyl groups excluding tert-OH is 1. The molecule has 2 aromatic rings. The van der Waals surface area contributed by atoms with Crippen LogP contribution in [0.4, 0.5) is 4.39 Å². The Kier molecular flexibility index (Phi) is 6.08. The highest BCUT2D eigenvalue weighted by molar-refractivity contribution is 7.99. The summed E-state index contributed by atoms with van der Waals surface area (Å²) in [6.07, 6.45) is 1.16. The van der Waals surface area contributed by atoms with Crippen molar-refractivity contribution in [2.75, 3.05) is 12.9 Å². The Hall–Kier alpha value is -1.52. The second kappa shape index (κ2) is 8.05. The molecule has 1 unspecified atom stereocenters. The number of methoxy groups -OCH3 is 1. The number of ether oxygens (including phenoxy) is 1. The van der Waals surface area contributed by atoms with E-state index in [1.165, 1.54) is 17.7 Å². The van der Waals surface area contributed by atoms with E-state index in [1.807, 2.05) is 24.3 Å². The van der Waals surface area contributed by atoms with Crippen LogP contribution < -0.4 is 4.74 Å². The molecule has 4 heteroatoms. The highest BCUT2D eigenvalue weighted by Gasteiger charge is 2.06. The lowest BCUT2D eigenvalue weighted by Crippen LogP contribution is -2.11. The minimum Gasteiger partial charge on any atom is -0.497 e. The van der Waals surface area contributed by atoms with Gasteiger partial charge in [0, 0.05) is 10.6 Å². The average molecular weight is 306 g/mol. The molecule has 2 aromatic carbocycles. The van der Waals surface area contributed by atoms with Gasteiger partial charge in [-0.05, 0) is 54.8 Å². The molecule has 2 rings (SSSR count). The zero-order valence-corrected chi connectivity index (χ0v) is 12.8. The van der Waals surface area contributed by atoms with E-state index in [1.54, 1.807) is 31.0 Å². The van der Waals surface area contributed by atoms with Gasteiger partial charge in [0.2, 0.25) is 0 Å². The summed E-state index contributed by atoms with van der Waals surface area (Å²) in [5, 5.41) is 10.0. The lowest BCUT2D eigenvalue weighted by molar-refractivity contribution is 0.189. The summed E-state index contributed by atoms with van der Waals surface area (Å²) in [5.41, 5.74) is 1.18. The first-order chi connectivity index (χ1) is 10.2. The van der Waals surface area contributed by atoms with Gasteiger partial charge in [-0.3, -0.25) is 0 Å². The summed E-state index contributed by atoms with van der Waals surface area (Å²) >= 11 is 1.54. The van der Waals surface area contributed by atoms with Crippen LogP contribution in [0.2, 0.25) is 0 Å². The number of hydrogen-bond donors (Lipinski definition) is 1. The molecule has 0 heterocycles. The number of aliphatic hydroxyl groups is 1. The fourth-order valence-corrected chi connectivity index (χ4v) is 2.81. The van der Waals surface area contributed by atoms with Crippen molar-refractivity contribution in [3.05, 3.63) is 59.9 Å². The van der Waals surface area contributed by atoms with Gasteiger partial charge in [-0.2, -0.15) is 0 Å². The van der Waals surface area contributed by atoms with Crippen molar-refractivity contribution in [3.63, 3.8) is 0 Å². The third kappa shape index (κ3) is 5.40. The van der Waals surface area contributed by atoms with Crippen LogP contribution >= 0.6 is 11.8 Å². The average Bonchev–Trinajstić information content (AvgIpc) is 2.53. The van der Waals surface area contributed by atoms with E-state index < -0.39 is 0 Å². The van der Waals surface area contributed by atoms with Crippen molar-refractivity contribution >= 4 is 11.8 Å². The zero-order valence-electron chi connectivity index (χ0n) is 12.0. The summed E-state index contributed by atoms with van der Waals surface area (Å²) in [7, 11) is 1.64. The number of aryl methyl sites for hydroxylation is 1. The van der Waals surface area contributed by atoms with Gasteiger partial charge in [0.1, 0.15) is 11.6 Å². The number of thioether (sulfide) groups is 1. The molecule has 112 valence electrons. The van der Waals surface area contributed by atoms with Crippen LogP contribution in [0.5, 0.6) is 5.75 Å². The molecule has 21 heavy (non-hydrogen) atoms. The number of rotatable bonds is 7. The third-order valence-corrected chi connectivity index (χ3v) is 4.34. The number of halogens is 1. The minimum atomic E-state index is -0.373. The van der Waals surface area contributed by atoms with Crippen LogP contribution in [0.1, 0.15) is 12.0 Å². The van der Waals surface area contributed by atoms with Gasteiger partial charge < -0.3 is 9.84 Å². The molecule has 0 aliphatic heterocycles. The molecule has 0 aromatic heterocycles. The van der Waals surface area contributed by atoms with Crippen molar-refractivity contribution in [1.82, 2.24) is 0 Å². The normalized spacial score (nSPS) is 12.1. The van der Waals surface area contributed by atoms with Crippen LogP contribution in [-0.4, -0.2) is 24.1 Å². The first kappa shape index (κ1) is 15.9. The Bertz CT molecular complexity index is 540. The van der Waals surface area contributed by atoms with Crippen molar-refractivity contribution in [1.29, 1.82) is 0 Å². The molecule has 0 saturated heterocycles. The maximum Gasteiger partial charge on any atom is 0.123 e. The van der Waals surface area contributed by atoms with E-state index in [9.17, 15) is 9.50 Å². The van der Waals surface area contributed by atoms with Crippen molar-refractivity contribution in [3.8, 4) is 5.75 Å². The van der Waals surface area contributed by atoms with Gasteiger partial charge in [-0.25, -0.2) is 4.39 Å². The van der Waals surface area contributed by atoms with Gasteiger partial charge >= 0.3 is 0 Å². The Morgan fingerprint density at radius 2 is 1.76 bits per heavy atom. The van der Waals surface area contributed by atoms with Gasteiger partial charge in [-0.15, -0.1) is 11.8 Å². The van der Waals surface area contributed by atoms with Crippen LogP contribution in [0.3, 0.4) is 0 Å². The summed E-state index contributed by atoms with van der Waals surface area (Å²) in [6, 6.07) is 14.2. The monoisotopic (exact) mass is 306 g/mol. The van der Waals surface area contributed by atoms with Crippen LogP contribution in [0.25, 0.3) is 0 Å². The van der Waals surface area contributed by atoms with Crippen molar-refractivity contribution in [2.45, 2.75) is 23.8 Å². The fourth-order valence-electron chi connectivity index (χ4n) is 1.93. The molecule has 0 radical (unpaired) electrons. The number of hydrogen-bond acceptors (Lipinski definition) is 3. The molecule has 0 spiro atoms. The van der Waals surface area contributed by atoms with Crippen LogP contribution in [0.15, 0.2) is 53.4 Å². The lowest BCUT2D eigenvalue weighted by Gasteiger charge is -2.10. The highest BCUT2D eigenvalue weighted by Crippen LogP contribution is 2.20. The van der Waals surface area contributed by atoms with Gasteiger partial charge in [-0.1, -0.05) is 12.1 Å². The second-order valence-electron chi connectivity index (χ2n) is 4.81. The molecule has 0 aliphatic rings. The van der Waals surface area contributed by atoms with E-state index in [-0.39, 0.29) is 11.9 Å². The molecule has 0 aliphatic carbocycles. The van der Waals surface area contributed by atoms with Crippen molar-refractivity contribution < 1.29 is 14.2 Å². The molecule has 1 N–H and O–H groups in total. The Morgan fingerprint density at radius 1 is 1.10 bits per heavy atom. The standard InChI is InChI=1S/C17H19FO2S/c1-20-16-8-3-13(4-9-16)2-7-15(19)12-21-17-10-5-14(18)6-11-17/h3-6,8-11,15,19H,2,7,12H2,1H3. The molecule has 1 atom stereocenters. The van der Waals surface area contributed by atoms with Gasteiger partial charge in [0.25, 0.3) is 0 Å². The fraction of sp³-hybridized carbons (Fsp3) is 0.294. The minimum absolute atomic E-state index is 0.237. The van der Waals surface area contributed by atoms with Crippen LogP contribution in [-0.2, 0) is 6.42 Å². The first-order valence-corrected chi connectivity index (χ1v) is 7.85. The van der Waals surface area contributed by atoms with Gasteiger partial charge in [0.15, 0.2) is 0 Å². The highest BCUT2D eigenvalue weighted by atomic mass is 32.2. The molecule has 2 nitrogen and oxygen atoms in total. The van der Waals surface area contributed by atoms with E-state index in [4.69, 9.17) is 4.74 Å². The molecule has 0 bridgehead atoms. The smallest absolute Gasteiger partial charge is 0.123 e. The Labute approximate surface area is 129 Å². The number of benzene rings is 2. The predicted molar refractivity (Wildman–Crippen MR) is 84.4 cm³/mol. The largest absolute Gasteiger partial charge is 0.497 e. The first-order valence-electron chi connectivity index (χ1n) is 6.87. The third-order valence-electron chi connectivity index (χ3n) is 3.18. The second-order valence-corrected chi connectivity index (χ2v) is 5.90. The maximum atomic E-state index is 12.8. The van der Waals surface area contributed by atoms with Crippen LogP contribution in [0, 0.1) is 5.82 Å². The summed E-state index contributed by atoms with van der Waals surface area (Å²) in [4.78, 5) is 0.972. The molecular formula is C17H19FO2S. The lowest BCUT2D eigenvalue weighted by atomic mass is 10.1. The van der Waals surface area contributed by atoms with Gasteiger partial charge in [0.05, 0.1) is 13.2 Å². The Morgan fingerprint density at radius 3 is 2.38 bits per heavy atom. The molecular weight excluding hydrogens is 287 g/mol. The zero-order chi connectivity index (χ0) is 15.1. The summed E-state index contributed by atoms with van der Waals surface area (Å²) in [6.45, 7) is 0. The summed E-state index contributed by atoms with van der Waals surface area (Å²) < 4.78 is 17.9. The SMILES string of the molecule is COc1ccc(CCC(O)CSc2ccc(F)cc2)cc1. The molecule has 0 amide bonds. The predicted octanol–water partition coefficient (Wildman–Crippen LogP) is 3.92.